The number of aromatic nitrogens is 2. The highest BCUT2D eigenvalue weighted by Gasteiger charge is 2.67. The van der Waals surface area contributed by atoms with Gasteiger partial charge in [0.1, 0.15) is 0 Å². The molecule has 3 rings (SSSR count). The number of hydrogen-bond acceptors (Lipinski definition) is 4. The van der Waals surface area contributed by atoms with Crippen LogP contribution in [0.3, 0.4) is 0 Å². The summed E-state index contributed by atoms with van der Waals surface area (Å²) in [5, 5.41) is 13.3. The van der Waals surface area contributed by atoms with Gasteiger partial charge >= 0.3 is 5.69 Å². The van der Waals surface area contributed by atoms with Crippen molar-refractivity contribution in [3.05, 3.63) is 43.0 Å². The second kappa shape index (κ2) is 4.22. The van der Waals surface area contributed by atoms with Crippen LogP contribution in [0.15, 0.2) is 20.9 Å². The summed E-state index contributed by atoms with van der Waals surface area (Å²) in [6.45, 7) is 1.59. The van der Waals surface area contributed by atoms with Crippen LogP contribution in [0.5, 0.6) is 0 Å². The van der Waals surface area contributed by atoms with Gasteiger partial charge in [-0.2, -0.15) is 0 Å². The molecule has 0 amide bonds. The maximum atomic E-state index is 11.9. The first-order valence-electron chi connectivity index (χ1n) is 6.50. The molecule has 106 valence electrons. The van der Waals surface area contributed by atoms with Crippen LogP contribution in [-0.4, -0.2) is 27.3 Å². The standard InChI is InChI=1S/C12H15N5O3/c1-6-4-17(11(20)14-10(6)19)8-2-9(15-16-13)12(5-18)3-7(8)12/h4,7-9,18H,2-3,5H2,1H3,(H,14,19,20)/t7?,8-,9-,12+/m0/s1. The van der Waals surface area contributed by atoms with Gasteiger partial charge in [-0.1, -0.05) is 5.11 Å². The third kappa shape index (κ3) is 1.62. The summed E-state index contributed by atoms with van der Waals surface area (Å²) in [7, 11) is 0. The van der Waals surface area contributed by atoms with Gasteiger partial charge in [-0.25, -0.2) is 4.79 Å². The Morgan fingerprint density at radius 3 is 3.05 bits per heavy atom. The fourth-order valence-corrected chi connectivity index (χ4v) is 3.53. The number of azide groups is 1. The maximum absolute atomic E-state index is 11.9. The zero-order chi connectivity index (χ0) is 14.5. The number of fused-ring (bicyclic) bond motifs is 1. The number of nitrogens with zero attached hydrogens (tertiary/aromatic N) is 4. The van der Waals surface area contributed by atoms with Crippen molar-refractivity contribution in [1.82, 2.24) is 9.55 Å². The first kappa shape index (κ1) is 13.0. The Labute approximate surface area is 113 Å². The number of aliphatic hydroxyl groups excluding tert-OH is 1. The summed E-state index contributed by atoms with van der Waals surface area (Å²) < 4.78 is 1.51. The Bertz CT molecular complexity index is 717. The number of aromatic amines is 1. The molecule has 1 aromatic rings. The lowest BCUT2D eigenvalue weighted by Crippen LogP contribution is -2.33. The van der Waals surface area contributed by atoms with E-state index in [2.05, 4.69) is 15.0 Å². The highest BCUT2D eigenvalue weighted by Crippen LogP contribution is 2.68. The van der Waals surface area contributed by atoms with Gasteiger partial charge in [-0.05, 0) is 31.2 Å². The lowest BCUT2D eigenvalue weighted by atomic mass is 10.00. The lowest BCUT2D eigenvalue weighted by Gasteiger charge is -2.17. The monoisotopic (exact) mass is 277 g/mol. The van der Waals surface area contributed by atoms with Crippen LogP contribution in [-0.2, 0) is 0 Å². The summed E-state index contributed by atoms with van der Waals surface area (Å²) in [6.07, 6.45) is 2.80. The number of H-pyrrole nitrogens is 1. The van der Waals surface area contributed by atoms with E-state index >= 15 is 0 Å². The highest BCUT2D eigenvalue weighted by atomic mass is 16.3. The van der Waals surface area contributed by atoms with Crippen LogP contribution in [0.1, 0.15) is 24.4 Å². The molecule has 0 aliphatic heterocycles. The summed E-state index contributed by atoms with van der Waals surface area (Å²) >= 11 is 0. The van der Waals surface area contributed by atoms with E-state index in [0.717, 1.165) is 6.42 Å². The highest BCUT2D eigenvalue weighted by molar-refractivity contribution is 5.20. The van der Waals surface area contributed by atoms with Crippen molar-refractivity contribution in [3.63, 3.8) is 0 Å². The molecule has 1 heterocycles. The summed E-state index contributed by atoms with van der Waals surface area (Å²) in [5.41, 5.74) is 7.86. The average Bonchev–Trinajstić information content (AvgIpc) is 3.08. The molecule has 20 heavy (non-hydrogen) atoms. The molecular weight excluding hydrogens is 262 g/mol. The van der Waals surface area contributed by atoms with Crippen molar-refractivity contribution < 1.29 is 5.11 Å². The van der Waals surface area contributed by atoms with Crippen molar-refractivity contribution in [2.75, 3.05) is 6.61 Å². The molecule has 8 nitrogen and oxygen atoms in total. The van der Waals surface area contributed by atoms with Crippen molar-refractivity contribution in [1.29, 1.82) is 0 Å². The SMILES string of the molecule is Cc1cn([C@H]2C[C@H](N=[N+]=[N-])[C@@]3(CO)CC23)c(=O)[nH]c1=O. The second-order valence-electron chi connectivity index (χ2n) is 5.70. The third-order valence-electron chi connectivity index (χ3n) is 4.76. The minimum atomic E-state index is -0.453. The van der Waals surface area contributed by atoms with Gasteiger partial charge in [0.15, 0.2) is 0 Å². The fraction of sp³-hybridized carbons (Fsp3) is 0.667. The minimum absolute atomic E-state index is 0.0467. The van der Waals surface area contributed by atoms with Gasteiger partial charge in [-0.15, -0.1) is 0 Å². The molecule has 0 spiro atoms. The smallest absolute Gasteiger partial charge is 0.328 e. The molecule has 0 bridgehead atoms. The number of hydrogen-bond donors (Lipinski definition) is 2. The first-order valence-corrected chi connectivity index (χ1v) is 6.50. The van der Waals surface area contributed by atoms with E-state index in [0.29, 0.717) is 12.0 Å². The number of aliphatic hydroxyl groups is 1. The molecule has 2 aliphatic carbocycles. The van der Waals surface area contributed by atoms with Gasteiger partial charge in [0.05, 0.1) is 0 Å². The average molecular weight is 277 g/mol. The molecule has 2 N–H and O–H groups in total. The summed E-state index contributed by atoms with van der Waals surface area (Å²) in [6, 6.07) is -0.438. The molecular formula is C12H15N5O3. The second-order valence-corrected chi connectivity index (χ2v) is 5.70. The zero-order valence-electron chi connectivity index (χ0n) is 11.0. The number of rotatable bonds is 3. The van der Waals surface area contributed by atoms with Crippen LogP contribution in [0, 0.1) is 18.3 Å². The zero-order valence-corrected chi connectivity index (χ0v) is 11.0. The quantitative estimate of drug-likeness (QED) is 0.474. The van der Waals surface area contributed by atoms with Crippen LogP contribution in [0.2, 0.25) is 0 Å². The van der Waals surface area contributed by atoms with E-state index in [1.165, 1.54) is 4.57 Å². The minimum Gasteiger partial charge on any atom is -0.396 e. The van der Waals surface area contributed by atoms with Gasteiger partial charge in [-0.3, -0.25) is 14.3 Å². The number of nitrogens with one attached hydrogen (secondary N) is 1. The van der Waals surface area contributed by atoms with Crippen molar-refractivity contribution in [3.8, 4) is 0 Å². The molecule has 1 aromatic heterocycles. The van der Waals surface area contributed by atoms with E-state index in [1.807, 2.05) is 0 Å². The molecule has 0 saturated heterocycles. The van der Waals surface area contributed by atoms with Crippen molar-refractivity contribution >= 4 is 0 Å². The van der Waals surface area contributed by atoms with E-state index < -0.39 is 5.69 Å². The van der Waals surface area contributed by atoms with Crippen LogP contribution < -0.4 is 11.2 Å². The van der Waals surface area contributed by atoms with Gasteiger partial charge in [0.2, 0.25) is 0 Å². The van der Waals surface area contributed by atoms with E-state index in [1.54, 1.807) is 13.1 Å². The number of aryl methyl sites for hydroxylation is 1. The third-order valence-corrected chi connectivity index (χ3v) is 4.76. The molecule has 4 atom stereocenters. The summed E-state index contributed by atoms with van der Waals surface area (Å²) in [5.74, 6) is 0.117. The molecule has 1 unspecified atom stereocenters. The molecule has 2 aliphatic rings. The van der Waals surface area contributed by atoms with Crippen molar-refractivity contribution in [2.45, 2.75) is 31.8 Å². The Balaban J connectivity index is 2.02. The topological polar surface area (TPSA) is 124 Å². The molecule has 2 saturated carbocycles. The van der Waals surface area contributed by atoms with Gasteiger partial charge in [0.25, 0.3) is 5.56 Å². The predicted molar refractivity (Wildman–Crippen MR) is 70.3 cm³/mol. The van der Waals surface area contributed by atoms with E-state index in [4.69, 9.17) is 5.53 Å². The summed E-state index contributed by atoms with van der Waals surface area (Å²) in [4.78, 5) is 28.5. The van der Waals surface area contributed by atoms with Gasteiger partial charge in [0, 0.05) is 40.8 Å². The largest absolute Gasteiger partial charge is 0.396 e. The normalized spacial score (nSPS) is 34.4. The molecule has 0 radical (unpaired) electrons. The van der Waals surface area contributed by atoms with Gasteiger partial charge < -0.3 is 5.11 Å². The van der Waals surface area contributed by atoms with Crippen molar-refractivity contribution in [2.24, 2.45) is 16.4 Å². The maximum Gasteiger partial charge on any atom is 0.328 e. The molecule has 2 fully saturated rings. The predicted octanol–water partition coefficient (Wildman–Crippen LogP) is 0.467. The Hall–Kier alpha value is -2.05. The fourth-order valence-electron chi connectivity index (χ4n) is 3.53. The Morgan fingerprint density at radius 1 is 1.65 bits per heavy atom. The first-order chi connectivity index (χ1) is 9.53. The van der Waals surface area contributed by atoms with E-state index in [9.17, 15) is 14.7 Å². The van der Waals surface area contributed by atoms with Crippen LogP contribution in [0.25, 0.3) is 10.4 Å². The molecule has 8 heteroatoms. The van der Waals surface area contributed by atoms with Crippen LogP contribution >= 0.6 is 0 Å². The van der Waals surface area contributed by atoms with Crippen LogP contribution in [0.4, 0.5) is 0 Å². The Kier molecular flexibility index (Phi) is 2.74. The molecule has 0 aromatic carbocycles. The Morgan fingerprint density at radius 2 is 2.40 bits per heavy atom. The van der Waals surface area contributed by atoms with E-state index in [-0.39, 0.29) is 35.6 Å². The lowest BCUT2D eigenvalue weighted by molar-refractivity contribution is 0.191.